The molecule has 19 heavy (non-hydrogen) atoms. The third kappa shape index (κ3) is 2.96. The van der Waals surface area contributed by atoms with Crippen LogP contribution in [0.15, 0.2) is 18.2 Å². The number of fused-ring (bicyclic) bond motifs is 1. The minimum atomic E-state index is -1.05. The molecule has 0 bridgehead atoms. The summed E-state index contributed by atoms with van der Waals surface area (Å²) in [6, 6.07) is 3.89. The van der Waals surface area contributed by atoms with Crippen molar-refractivity contribution < 1.29 is 24.2 Å². The van der Waals surface area contributed by atoms with Crippen LogP contribution in [-0.2, 0) is 4.79 Å². The van der Waals surface area contributed by atoms with Crippen molar-refractivity contribution in [3.05, 3.63) is 23.8 Å². The number of carboxylic acid groups (broad SMARTS) is 1. The molecule has 1 atom stereocenters. The number of carboxylic acids is 1. The highest BCUT2D eigenvalue weighted by atomic mass is 16.6. The molecular formula is C13H15NO5. The van der Waals surface area contributed by atoms with Gasteiger partial charge in [-0.05, 0) is 24.6 Å². The molecule has 6 heteroatoms. The summed E-state index contributed by atoms with van der Waals surface area (Å²) in [5, 5.41) is 11.4. The van der Waals surface area contributed by atoms with Crippen LogP contribution in [0.4, 0.5) is 0 Å². The molecular weight excluding hydrogens is 250 g/mol. The van der Waals surface area contributed by atoms with Crippen LogP contribution in [0.25, 0.3) is 0 Å². The number of carbonyl (C=O) groups is 2. The highest BCUT2D eigenvalue weighted by Gasteiger charge is 2.20. The Hall–Kier alpha value is -2.24. The first-order valence-corrected chi connectivity index (χ1v) is 6.05. The zero-order chi connectivity index (χ0) is 13.8. The molecule has 0 spiro atoms. The second kappa shape index (κ2) is 5.60. The van der Waals surface area contributed by atoms with Crippen molar-refractivity contribution in [3.63, 3.8) is 0 Å². The summed E-state index contributed by atoms with van der Waals surface area (Å²) < 4.78 is 10.7. The lowest BCUT2D eigenvalue weighted by molar-refractivity contribution is -0.139. The zero-order valence-corrected chi connectivity index (χ0v) is 10.5. The van der Waals surface area contributed by atoms with Gasteiger partial charge in [0.05, 0.1) is 0 Å². The lowest BCUT2D eigenvalue weighted by Crippen LogP contribution is -2.40. The molecule has 2 rings (SSSR count). The van der Waals surface area contributed by atoms with Gasteiger partial charge in [-0.2, -0.15) is 0 Å². The minimum absolute atomic E-state index is 0.325. The summed E-state index contributed by atoms with van der Waals surface area (Å²) in [6.07, 6.45) is 0.325. The number of ether oxygens (including phenoxy) is 2. The van der Waals surface area contributed by atoms with E-state index in [-0.39, 0.29) is 0 Å². The number of hydrogen-bond donors (Lipinski definition) is 2. The number of carbonyl (C=O) groups excluding carboxylic acids is 1. The SMILES string of the molecule is CC[C@@H](NC(=O)c1ccc2c(c1)OCCO2)C(=O)O. The molecule has 0 aromatic heterocycles. The van der Waals surface area contributed by atoms with Gasteiger partial charge >= 0.3 is 5.97 Å². The van der Waals surface area contributed by atoms with Crippen LogP contribution in [0.3, 0.4) is 0 Å². The maximum absolute atomic E-state index is 11.9. The van der Waals surface area contributed by atoms with Gasteiger partial charge in [0.1, 0.15) is 19.3 Å². The molecule has 2 N–H and O–H groups in total. The quantitative estimate of drug-likeness (QED) is 0.850. The normalized spacial score (nSPS) is 14.6. The van der Waals surface area contributed by atoms with Crippen LogP contribution >= 0.6 is 0 Å². The summed E-state index contributed by atoms with van der Waals surface area (Å²) in [7, 11) is 0. The van der Waals surface area contributed by atoms with E-state index in [1.165, 1.54) is 0 Å². The van der Waals surface area contributed by atoms with Crippen molar-refractivity contribution in [3.8, 4) is 11.5 Å². The van der Waals surface area contributed by atoms with Gasteiger partial charge in [0.2, 0.25) is 0 Å². The maximum Gasteiger partial charge on any atom is 0.326 e. The summed E-state index contributed by atoms with van der Waals surface area (Å²) >= 11 is 0. The van der Waals surface area contributed by atoms with Gasteiger partial charge in [-0.25, -0.2) is 4.79 Å². The Labute approximate surface area is 110 Å². The molecule has 1 aliphatic rings. The fourth-order valence-corrected chi connectivity index (χ4v) is 1.76. The number of nitrogens with one attached hydrogen (secondary N) is 1. The Bertz CT molecular complexity index is 500. The second-order valence-electron chi connectivity index (χ2n) is 4.13. The third-order valence-corrected chi connectivity index (χ3v) is 2.82. The van der Waals surface area contributed by atoms with Crippen molar-refractivity contribution in [2.75, 3.05) is 13.2 Å². The number of aliphatic carboxylic acids is 1. The molecule has 1 aliphatic heterocycles. The van der Waals surface area contributed by atoms with Gasteiger partial charge in [0, 0.05) is 5.56 Å². The molecule has 1 amide bonds. The van der Waals surface area contributed by atoms with Crippen LogP contribution < -0.4 is 14.8 Å². The van der Waals surface area contributed by atoms with Crippen LogP contribution in [0, 0.1) is 0 Å². The van der Waals surface area contributed by atoms with E-state index in [1.807, 2.05) is 0 Å². The highest BCUT2D eigenvalue weighted by Crippen LogP contribution is 2.30. The van der Waals surface area contributed by atoms with Crippen LogP contribution in [-0.4, -0.2) is 36.2 Å². The van der Waals surface area contributed by atoms with E-state index >= 15 is 0 Å². The van der Waals surface area contributed by atoms with Crippen molar-refractivity contribution in [2.24, 2.45) is 0 Å². The van der Waals surface area contributed by atoms with E-state index in [9.17, 15) is 9.59 Å². The topological polar surface area (TPSA) is 84.9 Å². The standard InChI is InChI=1S/C13H15NO5/c1-2-9(13(16)17)14-12(15)8-3-4-10-11(7-8)19-6-5-18-10/h3-4,7,9H,2,5-6H2,1H3,(H,14,15)(H,16,17)/t9-/m1/s1. The highest BCUT2D eigenvalue weighted by molar-refractivity contribution is 5.97. The van der Waals surface area contributed by atoms with Crippen molar-refractivity contribution in [2.45, 2.75) is 19.4 Å². The number of benzene rings is 1. The smallest absolute Gasteiger partial charge is 0.326 e. The van der Waals surface area contributed by atoms with Gasteiger partial charge in [-0.3, -0.25) is 4.79 Å². The minimum Gasteiger partial charge on any atom is -0.486 e. The van der Waals surface area contributed by atoms with Crippen LogP contribution in [0.5, 0.6) is 11.5 Å². The van der Waals surface area contributed by atoms with Crippen molar-refractivity contribution >= 4 is 11.9 Å². The summed E-state index contributed by atoms with van der Waals surface area (Å²) in [4.78, 5) is 22.8. The fourth-order valence-electron chi connectivity index (χ4n) is 1.76. The van der Waals surface area contributed by atoms with E-state index in [4.69, 9.17) is 14.6 Å². The van der Waals surface area contributed by atoms with Gasteiger partial charge in [-0.1, -0.05) is 6.92 Å². The first-order chi connectivity index (χ1) is 9.11. The number of amides is 1. The molecule has 0 radical (unpaired) electrons. The number of hydrogen-bond acceptors (Lipinski definition) is 4. The third-order valence-electron chi connectivity index (χ3n) is 2.82. The average Bonchev–Trinajstić information content (AvgIpc) is 2.43. The Balaban J connectivity index is 2.13. The lowest BCUT2D eigenvalue weighted by atomic mass is 10.1. The predicted molar refractivity (Wildman–Crippen MR) is 66.6 cm³/mol. The second-order valence-corrected chi connectivity index (χ2v) is 4.13. The predicted octanol–water partition coefficient (Wildman–Crippen LogP) is 1.05. The maximum atomic E-state index is 11.9. The molecule has 1 aromatic rings. The lowest BCUT2D eigenvalue weighted by Gasteiger charge is -2.19. The van der Waals surface area contributed by atoms with Crippen molar-refractivity contribution in [1.82, 2.24) is 5.32 Å². The molecule has 1 aromatic carbocycles. The van der Waals surface area contributed by atoms with E-state index in [1.54, 1.807) is 25.1 Å². The Morgan fingerprint density at radius 2 is 2.00 bits per heavy atom. The zero-order valence-electron chi connectivity index (χ0n) is 10.5. The monoisotopic (exact) mass is 265 g/mol. The van der Waals surface area contributed by atoms with E-state index in [0.717, 1.165) is 0 Å². The van der Waals surface area contributed by atoms with Gasteiger partial charge in [0.15, 0.2) is 11.5 Å². The van der Waals surface area contributed by atoms with Crippen LogP contribution in [0.2, 0.25) is 0 Å². The van der Waals surface area contributed by atoms with Gasteiger partial charge in [0.25, 0.3) is 5.91 Å². The molecule has 1 heterocycles. The van der Waals surface area contributed by atoms with Gasteiger partial charge < -0.3 is 19.9 Å². The average molecular weight is 265 g/mol. The van der Waals surface area contributed by atoms with Crippen molar-refractivity contribution in [1.29, 1.82) is 0 Å². The van der Waals surface area contributed by atoms with Gasteiger partial charge in [-0.15, -0.1) is 0 Å². The summed E-state index contributed by atoms with van der Waals surface area (Å²) in [5.74, 6) is -0.394. The molecule has 6 nitrogen and oxygen atoms in total. The fraction of sp³-hybridized carbons (Fsp3) is 0.385. The van der Waals surface area contributed by atoms with E-state index in [2.05, 4.69) is 5.32 Å². The van der Waals surface area contributed by atoms with E-state index < -0.39 is 17.9 Å². The largest absolute Gasteiger partial charge is 0.486 e. The molecule has 0 saturated carbocycles. The Morgan fingerprint density at radius 3 is 2.63 bits per heavy atom. The molecule has 102 valence electrons. The van der Waals surface area contributed by atoms with Crippen LogP contribution in [0.1, 0.15) is 23.7 Å². The Kier molecular flexibility index (Phi) is 3.89. The Morgan fingerprint density at radius 1 is 1.32 bits per heavy atom. The van der Waals surface area contributed by atoms with E-state index in [0.29, 0.717) is 36.7 Å². The first kappa shape index (κ1) is 13.2. The molecule has 0 unspecified atom stereocenters. The molecule has 0 saturated heterocycles. The number of rotatable bonds is 4. The first-order valence-electron chi connectivity index (χ1n) is 6.05. The molecule has 0 fully saturated rings. The summed E-state index contributed by atoms with van der Waals surface area (Å²) in [5.41, 5.74) is 0.351. The summed E-state index contributed by atoms with van der Waals surface area (Å²) in [6.45, 7) is 2.61. The molecule has 0 aliphatic carbocycles.